The number of benzene rings is 2. The predicted octanol–water partition coefficient (Wildman–Crippen LogP) is 4.74. The number of imidazole rings is 1. The Morgan fingerprint density at radius 2 is 1.96 bits per heavy atom. The van der Waals surface area contributed by atoms with Gasteiger partial charge in [-0.15, -0.1) is 0 Å². The van der Waals surface area contributed by atoms with Crippen LogP contribution < -0.4 is 0 Å². The molecule has 2 heterocycles. The number of aromatic nitrogens is 2. The van der Waals surface area contributed by atoms with Crippen LogP contribution in [0.3, 0.4) is 0 Å². The van der Waals surface area contributed by atoms with Gasteiger partial charge >= 0.3 is 0 Å². The van der Waals surface area contributed by atoms with Crippen LogP contribution in [0.15, 0.2) is 42.6 Å². The largest absolute Gasteiger partial charge is 0.290 e. The lowest BCUT2D eigenvalue weighted by Gasteiger charge is -2.00. The van der Waals surface area contributed by atoms with Gasteiger partial charge < -0.3 is 0 Å². The van der Waals surface area contributed by atoms with E-state index >= 15 is 0 Å². The van der Waals surface area contributed by atoms with E-state index in [2.05, 4.69) is 35.4 Å². The van der Waals surface area contributed by atoms with Crippen molar-refractivity contribution in [1.29, 1.82) is 0 Å². The Morgan fingerprint density at radius 1 is 1.17 bits per heavy atom. The summed E-state index contributed by atoms with van der Waals surface area (Å²) in [6, 6.07) is 10.9. The van der Waals surface area contributed by atoms with Gasteiger partial charge in [0.25, 0.3) is 5.69 Å². The Bertz CT molecular complexity index is 1080. The van der Waals surface area contributed by atoms with Crippen LogP contribution in [0.2, 0.25) is 0 Å². The summed E-state index contributed by atoms with van der Waals surface area (Å²) in [6.07, 6.45) is 1.95. The maximum atomic E-state index is 10.9. The highest BCUT2D eigenvalue weighted by Gasteiger charge is 2.13. The molecule has 0 N–H and O–H groups in total. The van der Waals surface area contributed by atoms with Gasteiger partial charge in [0.15, 0.2) is 4.96 Å². The van der Waals surface area contributed by atoms with E-state index in [9.17, 15) is 10.1 Å². The van der Waals surface area contributed by atoms with Crippen LogP contribution in [-0.2, 0) is 0 Å². The third-order valence-corrected chi connectivity index (χ3v) is 5.08. The molecule has 2 aromatic heterocycles. The number of nitro groups is 1. The fourth-order valence-electron chi connectivity index (χ4n) is 2.67. The maximum absolute atomic E-state index is 10.9. The molecule has 0 atom stereocenters. The number of rotatable bonds is 2. The van der Waals surface area contributed by atoms with Crippen LogP contribution in [0.5, 0.6) is 0 Å². The zero-order valence-electron chi connectivity index (χ0n) is 12.6. The van der Waals surface area contributed by atoms with Crippen molar-refractivity contribution in [3.8, 4) is 11.3 Å². The molecule has 0 saturated carbocycles. The summed E-state index contributed by atoms with van der Waals surface area (Å²) in [5.41, 5.74) is 5.21. The first-order valence-electron chi connectivity index (χ1n) is 7.16. The van der Waals surface area contributed by atoms with Crippen LogP contribution in [0.1, 0.15) is 11.1 Å². The van der Waals surface area contributed by atoms with Gasteiger partial charge in [-0.3, -0.25) is 14.5 Å². The van der Waals surface area contributed by atoms with Gasteiger partial charge in [-0.2, -0.15) is 0 Å². The molecule has 114 valence electrons. The van der Waals surface area contributed by atoms with Crippen molar-refractivity contribution in [2.75, 3.05) is 0 Å². The molecule has 0 bridgehead atoms. The van der Waals surface area contributed by atoms with E-state index in [0.717, 1.165) is 21.7 Å². The van der Waals surface area contributed by atoms with Crippen molar-refractivity contribution in [2.24, 2.45) is 0 Å². The Morgan fingerprint density at radius 3 is 2.74 bits per heavy atom. The highest BCUT2D eigenvalue weighted by molar-refractivity contribution is 7.23. The molecule has 2 aromatic carbocycles. The number of nitro benzene ring substituents is 1. The molecule has 6 heteroatoms. The standard InChI is InChI=1S/C17H13N3O2S/c1-10-6-15-16(7-11(10)2)23-17-18-14(9-19(15)17)12-4-3-5-13(8-12)20(21)22/h3-9H,1-2H3. The van der Waals surface area contributed by atoms with Crippen LogP contribution in [0.25, 0.3) is 26.4 Å². The number of hydrogen-bond acceptors (Lipinski definition) is 4. The number of hydrogen-bond donors (Lipinski definition) is 0. The number of nitrogens with zero attached hydrogens (tertiary/aromatic N) is 3. The van der Waals surface area contributed by atoms with E-state index in [1.54, 1.807) is 23.5 Å². The molecule has 5 nitrogen and oxygen atoms in total. The summed E-state index contributed by atoms with van der Waals surface area (Å²) in [6.45, 7) is 4.20. The van der Waals surface area contributed by atoms with Crippen molar-refractivity contribution < 1.29 is 4.92 Å². The van der Waals surface area contributed by atoms with Gasteiger partial charge in [-0.25, -0.2) is 4.98 Å². The number of fused-ring (bicyclic) bond motifs is 3. The van der Waals surface area contributed by atoms with Crippen molar-refractivity contribution in [3.63, 3.8) is 0 Å². The van der Waals surface area contributed by atoms with Crippen LogP contribution in [0.4, 0.5) is 5.69 Å². The highest BCUT2D eigenvalue weighted by Crippen LogP contribution is 2.31. The molecule has 4 rings (SSSR count). The molecule has 0 aliphatic carbocycles. The summed E-state index contributed by atoms with van der Waals surface area (Å²) in [5.74, 6) is 0. The van der Waals surface area contributed by atoms with E-state index in [1.165, 1.54) is 21.9 Å². The summed E-state index contributed by atoms with van der Waals surface area (Å²) in [7, 11) is 0. The summed E-state index contributed by atoms with van der Waals surface area (Å²) < 4.78 is 3.25. The topological polar surface area (TPSA) is 60.4 Å². The second kappa shape index (κ2) is 4.89. The normalized spacial score (nSPS) is 11.4. The number of aryl methyl sites for hydroxylation is 2. The summed E-state index contributed by atoms with van der Waals surface area (Å²) in [5, 5.41) is 10.9. The Labute approximate surface area is 136 Å². The smallest absolute Gasteiger partial charge is 0.270 e. The minimum Gasteiger partial charge on any atom is -0.290 e. The zero-order chi connectivity index (χ0) is 16.1. The first kappa shape index (κ1) is 13.9. The van der Waals surface area contributed by atoms with Gasteiger partial charge in [-0.05, 0) is 37.1 Å². The van der Waals surface area contributed by atoms with E-state index in [1.807, 2.05) is 12.3 Å². The maximum Gasteiger partial charge on any atom is 0.270 e. The fourth-order valence-corrected chi connectivity index (χ4v) is 3.76. The molecule has 0 saturated heterocycles. The Hall–Kier alpha value is -2.73. The minimum atomic E-state index is -0.385. The molecular formula is C17H13N3O2S. The second-order valence-electron chi connectivity index (χ2n) is 5.59. The van der Waals surface area contributed by atoms with E-state index < -0.39 is 0 Å². The number of non-ortho nitro benzene ring substituents is 1. The van der Waals surface area contributed by atoms with Gasteiger partial charge in [0, 0.05) is 23.9 Å². The predicted molar refractivity (Wildman–Crippen MR) is 92.1 cm³/mol. The zero-order valence-corrected chi connectivity index (χ0v) is 13.4. The third kappa shape index (κ3) is 2.19. The summed E-state index contributed by atoms with van der Waals surface area (Å²) in [4.78, 5) is 16.1. The second-order valence-corrected chi connectivity index (χ2v) is 6.60. The molecule has 0 aliphatic heterocycles. The minimum absolute atomic E-state index is 0.0789. The molecule has 0 amide bonds. The van der Waals surface area contributed by atoms with Crippen molar-refractivity contribution in [2.45, 2.75) is 13.8 Å². The lowest BCUT2D eigenvalue weighted by atomic mass is 10.1. The van der Waals surface area contributed by atoms with Crippen LogP contribution in [-0.4, -0.2) is 14.3 Å². The van der Waals surface area contributed by atoms with Gasteiger partial charge in [0.05, 0.1) is 20.8 Å². The quantitative estimate of drug-likeness (QED) is 0.395. The first-order valence-corrected chi connectivity index (χ1v) is 7.98. The van der Waals surface area contributed by atoms with Gasteiger partial charge in [0.1, 0.15) is 0 Å². The average molecular weight is 323 g/mol. The molecule has 0 aliphatic rings. The number of thiazole rings is 1. The lowest BCUT2D eigenvalue weighted by molar-refractivity contribution is -0.384. The van der Waals surface area contributed by atoms with Crippen molar-refractivity contribution in [3.05, 3.63) is 63.8 Å². The highest BCUT2D eigenvalue weighted by atomic mass is 32.1. The molecular weight excluding hydrogens is 310 g/mol. The molecule has 0 spiro atoms. The molecule has 23 heavy (non-hydrogen) atoms. The van der Waals surface area contributed by atoms with E-state index in [4.69, 9.17) is 0 Å². The Balaban J connectivity index is 1.91. The van der Waals surface area contributed by atoms with Gasteiger partial charge in [0.2, 0.25) is 0 Å². The summed E-state index contributed by atoms with van der Waals surface area (Å²) >= 11 is 1.63. The molecule has 0 radical (unpaired) electrons. The fraction of sp³-hybridized carbons (Fsp3) is 0.118. The van der Waals surface area contributed by atoms with Crippen LogP contribution >= 0.6 is 11.3 Å². The molecule has 4 aromatic rings. The van der Waals surface area contributed by atoms with E-state index in [0.29, 0.717) is 0 Å². The van der Waals surface area contributed by atoms with E-state index in [-0.39, 0.29) is 10.6 Å². The first-order chi connectivity index (χ1) is 11.0. The molecule has 0 unspecified atom stereocenters. The SMILES string of the molecule is Cc1cc2sc3nc(-c4cccc([N+](=O)[O-])c4)cn3c2cc1C. The Kier molecular flexibility index (Phi) is 2.96. The monoisotopic (exact) mass is 323 g/mol. The lowest BCUT2D eigenvalue weighted by Crippen LogP contribution is -1.88. The molecule has 0 fully saturated rings. The van der Waals surface area contributed by atoms with Crippen molar-refractivity contribution >= 4 is 32.2 Å². The third-order valence-electron chi connectivity index (χ3n) is 4.06. The van der Waals surface area contributed by atoms with Crippen molar-refractivity contribution in [1.82, 2.24) is 9.38 Å². The average Bonchev–Trinajstić information content (AvgIpc) is 3.07. The van der Waals surface area contributed by atoms with Gasteiger partial charge in [-0.1, -0.05) is 23.5 Å². The van der Waals surface area contributed by atoms with Crippen LogP contribution in [0, 0.1) is 24.0 Å².